The van der Waals surface area contributed by atoms with Gasteiger partial charge in [0.25, 0.3) is 5.91 Å². The van der Waals surface area contributed by atoms with E-state index in [0.717, 1.165) is 0 Å². The number of ether oxygens (including phenoxy) is 2. The van der Waals surface area contributed by atoms with Crippen LogP contribution in [0.25, 0.3) is 11.3 Å². The molecule has 2 aliphatic heterocycles. The Morgan fingerprint density at radius 3 is 2.61 bits per heavy atom. The second-order valence-electron chi connectivity index (χ2n) is 8.00. The van der Waals surface area contributed by atoms with E-state index in [9.17, 15) is 13.2 Å². The van der Waals surface area contributed by atoms with Gasteiger partial charge in [-0.25, -0.2) is 18.4 Å². The lowest BCUT2D eigenvalue weighted by Gasteiger charge is -2.18. The minimum absolute atomic E-state index is 0.0352. The number of carbonyl (C=O) groups is 1. The number of hydrogen-bond acceptors (Lipinski definition) is 9. The number of nitrogens with zero attached hydrogens (tertiary/aromatic N) is 3. The van der Waals surface area contributed by atoms with Crippen LogP contribution >= 0.6 is 0 Å². The average molecular weight is 513 g/mol. The van der Waals surface area contributed by atoms with Crippen LogP contribution in [0.2, 0.25) is 0 Å². The summed E-state index contributed by atoms with van der Waals surface area (Å²) in [6.07, 6.45) is 1.43. The summed E-state index contributed by atoms with van der Waals surface area (Å²) < 4.78 is 38.5. The quantitative estimate of drug-likeness (QED) is 0.382. The van der Waals surface area contributed by atoms with Crippen molar-refractivity contribution in [2.75, 3.05) is 57.6 Å². The zero-order valence-corrected chi connectivity index (χ0v) is 20.6. The molecule has 0 fully saturated rings. The van der Waals surface area contributed by atoms with E-state index in [1.54, 1.807) is 36.4 Å². The predicted molar refractivity (Wildman–Crippen MR) is 135 cm³/mol. The zero-order chi connectivity index (χ0) is 25.5. The molecular weight excluding hydrogens is 484 g/mol. The molecule has 0 radical (unpaired) electrons. The Hall–Kier alpha value is -3.58. The normalized spacial score (nSPS) is 17.6. The Morgan fingerprint density at radius 1 is 1.03 bits per heavy atom. The lowest BCUT2D eigenvalue weighted by Crippen LogP contribution is -2.35. The molecule has 2 aliphatic rings. The first kappa shape index (κ1) is 25.5. The van der Waals surface area contributed by atoms with Crippen LogP contribution in [0.3, 0.4) is 0 Å². The fraction of sp³-hybridized carbons (Fsp3) is 0.292. The summed E-state index contributed by atoms with van der Waals surface area (Å²) in [4.78, 5) is 21.7. The molecule has 11 nitrogen and oxygen atoms in total. The van der Waals surface area contributed by atoms with Gasteiger partial charge in [-0.15, -0.1) is 0 Å². The van der Waals surface area contributed by atoms with Gasteiger partial charge in [0, 0.05) is 32.2 Å². The number of fused-ring (bicyclic) bond motifs is 13. The van der Waals surface area contributed by atoms with E-state index < -0.39 is 15.9 Å². The van der Waals surface area contributed by atoms with Crippen molar-refractivity contribution < 1.29 is 22.7 Å². The fourth-order valence-electron chi connectivity index (χ4n) is 3.50. The van der Waals surface area contributed by atoms with Crippen LogP contribution in [0.1, 0.15) is 10.5 Å². The number of rotatable bonds is 0. The van der Waals surface area contributed by atoms with E-state index in [-0.39, 0.29) is 23.0 Å². The maximum Gasteiger partial charge on any atom is 0.278 e. The molecular formula is C24H28N6O5S. The van der Waals surface area contributed by atoms with Crippen LogP contribution in [0.15, 0.2) is 59.6 Å². The highest BCUT2D eigenvalue weighted by atomic mass is 32.2. The third kappa shape index (κ3) is 5.97. The highest BCUT2D eigenvalue weighted by Gasteiger charge is 2.21. The first-order valence-electron chi connectivity index (χ1n) is 11.4. The van der Waals surface area contributed by atoms with Crippen LogP contribution in [0.4, 0.5) is 11.5 Å². The largest absolute Gasteiger partial charge is 0.489 e. The molecule has 4 N–H and O–H groups in total. The van der Waals surface area contributed by atoms with Gasteiger partial charge in [0.2, 0.25) is 10.0 Å². The van der Waals surface area contributed by atoms with Crippen molar-refractivity contribution >= 4 is 27.4 Å². The van der Waals surface area contributed by atoms with Gasteiger partial charge in [-0.3, -0.25) is 4.79 Å². The molecule has 190 valence electrons. The summed E-state index contributed by atoms with van der Waals surface area (Å²) in [6, 6.07) is 13.3. The standard InChI is InChI=1S/C24H28N6O5S/c1-30-12-10-26-11-13-34-14-15-35-21-5-3-2-4-19(21)29-24(31)22-23(25)27-16-20(28-22)17-6-8-18(9-7-17)36(30,32)33/h2-9,16,26H,10-15H2,1H3,(H2,25,27)(H,29,31). The van der Waals surface area contributed by atoms with Crippen molar-refractivity contribution in [3.63, 3.8) is 0 Å². The van der Waals surface area contributed by atoms with Gasteiger partial charge >= 0.3 is 0 Å². The molecule has 1 amide bonds. The number of nitrogens with two attached hydrogens (primary N) is 1. The number of amides is 1. The van der Waals surface area contributed by atoms with Gasteiger partial charge in [0.1, 0.15) is 12.4 Å². The molecule has 0 saturated carbocycles. The number of aromatic nitrogens is 2. The highest BCUT2D eigenvalue weighted by molar-refractivity contribution is 7.89. The van der Waals surface area contributed by atoms with Gasteiger partial charge in [0.15, 0.2) is 11.5 Å². The molecule has 1 aromatic heterocycles. The first-order valence-corrected chi connectivity index (χ1v) is 12.8. The summed E-state index contributed by atoms with van der Waals surface area (Å²) in [6.45, 7) is 2.40. The Bertz CT molecular complexity index is 1320. The third-order valence-electron chi connectivity index (χ3n) is 5.52. The van der Waals surface area contributed by atoms with Crippen molar-refractivity contribution in [3.05, 3.63) is 60.4 Å². The van der Waals surface area contributed by atoms with E-state index in [0.29, 0.717) is 55.5 Å². The van der Waals surface area contributed by atoms with Crippen LogP contribution < -0.4 is 21.1 Å². The second-order valence-corrected chi connectivity index (χ2v) is 10.0. The van der Waals surface area contributed by atoms with Crippen molar-refractivity contribution in [1.29, 1.82) is 0 Å². The zero-order valence-electron chi connectivity index (χ0n) is 19.8. The van der Waals surface area contributed by atoms with Gasteiger partial charge in [-0.1, -0.05) is 24.3 Å². The molecule has 0 unspecified atom stereocenters. The van der Waals surface area contributed by atoms with Crippen LogP contribution in [-0.4, -0.2) is 75.1 Å². The SMILES string of the molecule is CN1CCNCCOCCOc2ccccc2NC(=O)c2nc(cnc2N)-c2ccc(cc2)S1(=O)=O. The Balaban J connectivity index is 1.65. The van der Waals surface area contributed by atoms with E-state index in [2.05, 4.69) is 20.6 Å². The lowest BCUT2D eigenvalue weighted by atomic mass is 10.1. The Labute approximate surface area is 209 Å². The van der Waals surface area contributed by atoms with E-state index >= 15 is 0 Å². The van der Waals surface area contributed by atoms with Gasteiger partial charge in [-0.05, 0) is 24.3 Å². The monoisotopic (exact) mass is 512 g/mol. The number of benzene rings is 2. The molecule has 4 bridgehead atoms. The number of nitrogens with one attached hydrogen (secondary N) is 2. The molecule has 2 aromatic carbocycles. The van der Waals surface area contributed by atoms with Crippen LogP contribution in [0.5, 0.6) is 5.75 Å². The summed E-state index contributed by atoms with van der Waals surface area (Å²) in [7, 11) is -2.14. The number of hydrogen-bond donors (Lipinski definition) is 3. The van der Waals surface area contributed by atoms with E-state index in [1.165, 1.54) is 29.7 Å². The summed E-state index contributed by atoms with van der Waals surface area (Å²) in [5.74, 6) is -0.104. The lowest BCUT2D eigenvalue weighted by molar-refractivity contribution is 0.101. The maximum absolute atomic E-state index is 13.0. The van der Waals surface area contributed by atoms with Crippen LogP contribution in [-0.2, 0) is 14.8 Å². The molecule has 0 saturated heterocycles. The minimum atomic E-state index is -3.67. The Morgan fingerprint density at radius 2 is 1.81 bits per heavy atom. The van der Waals surface area contributed by atoms with Crippen molar-refractivity contribution in [2.45, 2.75) is 4.90 Å². The minimum Gasteiger partial charge on any atom is -0.489 e. The number of carbonyl (C=O) groups excluding carboxylic acids is 1. The highest BCUT2D eigenvalue weighted by Crippen LogP contribution is 2.26. The third-order valence-corrected chi connectivity index (χ3v) is 7.39. The summed E-state index contributed by atoms with van der Waals surface area (Å²) in [5.41, 5.74) is 7.31. The van der Waals surface area contributed by atoms with Crippen LogP contribution in [0, 0.1) is 0 Å². The molecule has 0 aliphatic carbocycles. The van der Waals surface area contributed by atoms with Crippen molar-refractivity contribution in [1.82, 2.24) is 19.6 Å². The number of likely N-dealkylation sites (N-methyl/N-ethyl adjacent to an activating group) is 1. The molecule has 0 atom stereocenters. The Kier molecular flexibility index (Phi) is 8.10. The molecule has 3 aromatic rings. The number of para-hydroxylation sites is 2. The van der Waals surface area contributed by atoms with E-state index in [1.807, 2.05) is 0 Å². The molecule has 12 heteroatoms. The van der Waals surface area contributed by atoms with Gasteiger partial charge in [0.05, 0.1) is 35.7 Å². The smallest absolute Gasteiger partial charge is 0.278 e. The number of nitrogen functional groups attached to an aromatic ring is 1. The fourth-order valence-corrected chi connectivity index (χ4v) is 4.67. The molecule has 5 rings (SSSR count). The number of anilines is 2. The van der Waals surface area contributed by atoms with Crippen molar-refractivity contribution in [3.8, 4) is 17.0 Å². The van der Waals surface area contributed by atoms with Gasteiger partial charge in [-0.2, -0.15) is 4.31 Å². The average Bonchev–Trinajstić information content (AvgIpc) is 2.88. The molecule has 36 heavy (non-hydrogen) atoms. The topological polar surface area (TPSA) is 149 Å². The van der Waals surface area contributed by atoms with Crippen molar-refractivity contribution in [2.24, 2.45) is 0 Å². The molecule has 0 spiro atoms. The number of sulfonamides is 1. The first-order chi connectivity index (χ1) is 17.4. The summed E-state index contributed by atoms with van der Waals surface area (Å²) >= 11 is 0. The van der Waals surface area contributed by atoms with Gasteiger partial charge < -0.3 is 25.8 Å². The van der Waals surface area contributed by atoms with E-state index in [4.69, 9.17) is 15.2 Å². The molecule has 3 heterocycles. The summed E-state index contributed by atoms with van der Waals surface area (Å²) in [5, 5.41) is 5.94. The predicted octanol–water partition coefficient (Wildman–Crippen LogP) is 1.60. The maximum atomic E-state index is 13.0. The second kappa shape index (κ2) is 11.4.